The van der Waals surface area contributed by atoms with Crippen molar-refractivity contribution in [3.63, 3.8) is 0 Å². The summed E-state index contributed by atoms with van der Waals surface area (Å²) in [7, 11) is 0. The minimum absolute atomic E-state index is 0.00581. The lowest BCUT2D eigenvalue weighted by molar-refractivity contribution is -0.182. The zero-order valence-electron chi connectivity index (χ0n) is 77.1. The molecule has 3 atom stereocenters. The molecule has 0 bridgehead atoms. The number of aromatic nitrogens is 3. The number of carbonyl (C=O) groups is 6. The monoisotopic (exact) mass is 1790 g/mol. The maximum absolute atomic E-state index is 13.7. The molecule has 702 valence electrons. The van der Waals surface area contributed by atoms with Crippen LogP contribution in [0.5, 0.6) is 17.6 Å². The number of ether oxygens (including phenoxy) is 3. The lowest BCUT2D eigenvalue weighted by atomic mass is 9.78. The Balaban J connectivity index is 0.000000143. The number of hydrogen-bond acceptors (Lipinski definition) is 21. The first kappa shape index (κ1) is 93.5. The summed E-state index contributed by atoms with van der Waals surface area (Å²) in [4.78, 5) is 114. The Morgan fingerprint density at radius 1 is 0.331 bits per heavy atom. The molecule has 0 unspecified atom stereocenters. The Bertz CT molecular complexity index is 4840. The molecule has 6 N–H and O–H groups in total. The molecule has 3 aliphatic carbocycles. The normalized spacial score (nSPS) is 24.7. The number of amides is 6. The van der Waals surface area contributed by atoms with Gasteiger partial charge in [-0.1, -0.05) is 33.1 Å². The number of rotatable bonds is 19. The lowest BCUT2D eigenvalue weighted by Gasteiger charge is -2.35. The largest absolute Gasteiger partial charge is 0.473 e. The van der Waals surface area contributed by atoms with Gasteiger partial charge in [0.15, 0.2) is 0 Å². The number of anilines is 3. The summed E-state index contributed by atoms with van der Waals surface area (Å²) >= 11 is 0. The van der Waals surface area contributed by atoms with Gasteiger partial charge in [0.05, 0.1) is 22.6 Å². The first-order valence-electron chi connectivity index (χ1n) is 48.7. The molecule has 12 fully saturated rings. The summed E-state index contributed by atoms with van der Waals surface area (Å²) in [5.74, 6) is 2.53. The van der Waals surface area contributed by atoms with Crippen LogP contribution in [0, 0.1) is 38.5 Å². The fourth-order valence-electron chi connectivity index (χ4n) is 21.2. The number of nitrogens with one attached hydrogen (secondary N) is 6. The average Bonchev–Trinajstić information content (AvgIpc) is 1.03. The third-order valence-corrected chi connectivity index (χ3v) is 29.1. The highest BCUT2D eigenvalue weighted by atomic mass is 19.4. The summed E-state index contributed by atoms with van der Waals surface area (Å²) in [5.41, 5.74) is 13.2. The van der Waals surface area contributed by atoms with E-state index in [2.05, 4.69) is 110 Å². The zero-order valence-corrected chi connectivity index (χ0v) is 77.1. The van der Waals surface area contributed by atoms with Crippen molar-refractivity contribution in [1.29, 1.82) is 0 Å². The van der Waals surface area contributed by atoms with E-state index in [-0.39, 0.29) is 72.5 Å². The van der Waals surface area contributed by atoms with Crippen molar-refractivity contribution in [3.05, 3.63) is 158 Å². The van der Waals surface area contributed by atoms with Gasteiger partial charge < -0.3 is 90.2 Å². The average molecular weight is 1790 g/mol. The fourth-order valence-corrected chi connectivity index (χ4v) is 21.2. The Labute approximate surface area is 765 Å². The van der Waals surface area contributed by atoms with Crippen LogP contribution in [0.2, 0.25) is 0 Å². The first-order valence-corrected chi connectivity index (χ1v) is 48.7. The van der Waals surface area contributed by atoms with Gasteiger partial charge in [-0.3, -0.25) is 28.8 Å². The van der Waals surface area contributed by atoms with Gasteiger partial charge in [0.25, 0.3) is 35.4 Å². The molecule has 9 saturated heterocycles. The summed E-state index contributed by atoms with van der Waals surface area (Å²) < 4.78 is 59.0. The van der Waals surface area contributed by atoms with Gasteiger partial charge in [0, 0.05) is 246 Å². The SMILES string of the molecule is CCC1CCC(c2cc(C(=O)N3CCN(C(=O)c4cc(C)cc(N5CCNCC5)c4)CC3)cnc2O[C@H]2CCNC2)CC1.Cc1cc(C(=O)N2CCN(C(=O)c3cnc(O[C@H]4CCNC4)c(C4CCC(C(F)(F)F)CC4)c3)CC2)cc(N2CCNCC2)c1.Cc1cc(C(=O)N2CCN(C(=O)c3cnc(O[C@H]4CCNC4)c(C4CCC(C)CC4)c3)CC2)cc(N2CCNCC2)c1. The Hall–Kier alpha value is -9.72. The molecular formula is C100H137F3N18O9. The highest BCUT2D eigenvalue weighted by Gasteiger charge is 2.43. The predicted octanol–water partition coefficient (Wildman–Crippen LogP) is 11.2. The molecule has 6 amide bonds. The highest BCUT2D eigenvalue weighted by molar-refractivity contribution is 5.99. The molecule has 130 heavy (non-hydrogen) atoms. The molecule has 30 heteroatoms. The zero-order chi connectivity index (χ0) is 90.4. The number of nitrogens with zero attached hydrogens (tertiary/aromatic N) is 12. The first-order chi connectivity index (χ1) is 63.1. The molecule has 0 spiro atoms. The minimum Gasteiger partial charge on any atom is -0.473 e. The number of piperazine rings is 6. The summed E-state index contributed by atoms with van der Waals surface area (Å²) in [5, 5.41) is 20.1. The molecule has 18 rings (SSSR count). The van der Waals surface area contributed by atoms with Gasteiger partial charge in [-0.15, -0.1) is 0 Å². The van der Waals surface area contributed by atoms with Crippen molar-refractivity contribution in [1.82, 2.24) is 76.3 Å². The highest BCUT2D eigenvalue weighted by Crippen LogP contribution is 2.47. The Morgan fingerprint density at radius 3 is 0.862 bits per heavy atom. The number of pyridine rings is 3. The number of aryl methyl sites for hydroxylation is 3. The van der Waals surface area contributed by atoms with Crippen LogP contribution in [0.1, 0.15) is 230 Å². The second kappa shape index (κ2) is 43.8. The third-order valence-electron chi connectivity index (χ3n) is 29.1. The van der Waals surface area contributed by atoms with Crippen LogP contribution >= 0.6 is 0 Å². The molecule has 3 aromatic carbocycles. The Morgan fingerprint density at radius 2 is 0.600 bits per heavy atom. The van der Waals surface area contributed by atoms with E-state index in [0.29, 0.717) is 150 Å². The van der Waals surface area contributed by atoms with E-state index in [1.54, 1.807) is 28.3 Å². The number of benzene rings is 3. The molecule has 0 radical (unpaired) electrons. The van der Waals surface area contributed by atoms with Crippen LogP contribution in [0.15, 0.2) is 91.4 Å². The topological polar surface area (TPSA) is 270 Å². The van der Waals surface area contributed by atoms with E-state index in [1.807, 2.05) is 62.9 Å². The van der Waals surface area contributed by atoms with E-state index in [0.717, 1.165) is 230 Å². The van der Waals surface area contributed by atoms with Crippen LogP contribution < -0.4 is 60.8 Å². The second-order valence-electron chi connectivity index (χ2n) is 38.4. The maximum Gasteiger partial charge on any atom is 0.391 e. The van der Waals surface area contributed by atoms with E-state index < -0.39 is 12.1 Å². The van der Waals surface area contributed by atoms with Crippen LogP contribution in [0.25, 0.3) is 0 Å². The van der Waals surface area contributed by atoms with E-state index in [9.17, 15) is 41.9 Å². The van der Waals surface area contributed by atoms with Crippen molar-refractivity contribution in [2.24, 2.45) is 17.8 Å². The van der Waals surface area contributed by atoms with E-state index in [1.165, 1.54) is 38.3 Å². The second-order valence-corrected chi connectivity index (χ2v) is 38.4. The van der Waals surface area contributed by atoms with Crippen LogP contribution in [-0.4, -0.2) is 301 Å². The van der Waals surface area contributed by atoms with Crippen LogP contribution in [0.4, 0.5) is 30.2 Å². The summed E-state index contributed by atoms with van der Waals surface area (Å²) in [6.45, 7) is 32.9. The molecule has 27 nitrogen and oxygen atoms in total. The standard InChI is InChI=1S/C34H48N6O3.C33H43F3N6O3.C33H46N6O3/c1-3-25-4-6-26(7-5-25)31-21-28(22-37-32(31)43-30-8-9-36-23-30)34(42)40-16-14-39(15-17-40)33(41)27-18-24(2)19-29(20-27)38-12-10-35-11-13-38;1-22-16-24(18-27(17-22)40-10-8-37-9-11-40)31(43)41-12-14-42(15-13-41)32(44)25-19-29(23-2-4-26(5-3-23)33(34,35)36)30(39-20-25)45-28-6-7-38-21-28;1-23-3-5-25(6-4-23)30-20-27(21-36-31(30)42-29-7-8-35-22-29)33(41)39-15-13-38(14-16-39)32(40)26-17-24(2)18-28(19-26)37-11-9-34-10-12-37/h18-22,25-26,30,35-36H,3-17,23H2,1-2H3;16-20,23,26,28,37-38H,2-15,21H2,1H3;17-21,23,25,29,34-35H,3-16,22H2,1-2H3/t25?,26?,30-;23?,26?,28-;23?,25?,29-/m000/s1. The van der Waals surface area contributed by atoms with Crippen molar-refractivity contribution < 1.29 is 56.1 Å². The number of halogens is 3. The quantitative estimate of drug-likeness (QED) is 0.0440. The number of hydrogen-bond donors (Lipinski definition) is 6. The van der Waals surface area contributed by atoms with Gasteiger partial charge >= 0.3 is 6.18 Å². The maximum atomic E-state index is 13.7. The summed E-state index contributed by atoms with van der Waals surface area (Å²) in [6, 6.07) is 24.3. The van der Waals surface area contributed by atoms with Gasteiger partial charge in [-0.05, 0) is 243 Å². The van der Waals surface area contributed by atoms with Crippen molar-refractivity contribution in [2.75, 3.05) is 211 Å². The molecular weight excluding hydrogens is 1650 g/mol. The third kappa shape index (κ3) is 23.6. The summed E-state index contributed by atoms with van der Waals surface area (Å²) in [6.07, 6.45) is 15.1. The van der Waals surface area contributed by atoms with Crippen LogP contribution in [-0.2, 0) is 0 Å². The molecule has 9 aliphatic heterocycles. The van der Waals surface area contributed by atoms with E-state index in [4.69, 9.17) is 24.2 Å². The molecule has 12 heterocycles. The molecule has 3 saturated carbocycles. The van der Waals surface area contributed by atoms with Crippen molar-refractivity contribution in [2.45, 2.75) is 180 Å². The van der Waals surface area contributed by atoms with Gasteiger partial charge in [0.2, 0.25) is 17.6 Å². The minimum atomic E-state index is -4.19. The van der Waals surface area contributed by atoms with Crippen LogP contribution in [0.3, 0.4) is 0 Å². The molecule has 3 aromatic heterocycles. The number of alkyl halides is 3. The molecule has 12 aliphatic rings. The lowest BCUT2D eigenvalue weighted by Crippen LogP contribution is -2.50. The smallest absolute Gasteiger partial charge is 0.391 e. The van der Waals surface area contributed by atoms with E-state index >= 15 is 0 Å². The fraction of sp³-hybridized carbons (Fsp3) is 0.610. The van der Waals surface area contributed by atoms with Gasteiger partial charge in [-0.25, -0.2) is 15.0 Å². The molecule has 6 aromatic rings. The van der Waals surface area contributed by atoms with Crippen molar-refractivity contribution >= 4 is 52.5 Å². The number of carbonyl (C=O) groups excluding carboxylic acids is 6. The Kier molecular flexibility index (Phi) is 31.5. The van der Waals surface area contributed by atoms with Gasteiger partial charge in [-0.2, -0.15) is 13.2 Å². The predicted molar refractivity (Wildman–Crippen MR) is 499 cm³/mol. The van der Waals surface area contributed by atoms with Gasteiger partial charge in [0.1, 0.15) is 18.3 Å². The van der Waals surface area contributed by atoms with Crippen molar-refractivity contribution in [3.8, 4) is 17.6 Å².